The van der Waals surface area contributed by atoms with Crippen LogP contribution in [0.3, 0.4) is 0 Å². The minimum absolute atomic E-state index is 0.0249. The lowest BCUT2D eigenvalue weighted by molar-refractivity contribution is 0.277. The average Bonchev–Trinajstić information content (AvgIpc) is 2.29. The van der Waals surface area contributed by atoms with Crippen LogP contribution in [0.25, 0.3) is 0 Å². The van der Waals surface area contributed by atoms with Crippen molar-refractivity contribution in [3.8, 4) is 5.88 Å². The number of hydrogen-bond donors (Lipinski definition) is 1. The Morgan fingerprint density at radius 1 is 1.50 bits per heavy atom. The van der Waals surface area contributed by atoms with Gasteiger partial charge in [-0.15, -0.1) is 6.58 Å². The lowest BCUT2D eigenvalue weighted by atomic mass is 10.2. The Labute approximate surface area is 96.8 Å². The zero-order valence-electron chi connectivity index (χ0n) is 9.78. The Bertz CT molecular complexity index is 337. The highest BCUT2D eigenvalue weighted by molar-refractivity contribution is 5.24. The van der Waals surface area contributed by atoms with E-state index in [1.54, 1.807) is 6.07 Å². The molecule has 0 radical (unpaired) electrons. The first-order chi connectivity index (χ1) is 7.80. The molecule has 1 rings (SSSR count). The van der Waals surface area contributed by atoms with E-state index < -0.39 is 0 Å². The lowest BCUT2D eigenvalue weighted by Crippen LogP contribution is -2.01. The van der Waals surface area contributed by atoms with Gasteiger partial charge in [0.05, 0.1) is 13.2 Å². The molecule has 0 saturated carbocycles. The summed E-state index contributed by atoms with van der Waals surface area (Å²) in [6.07, 6.45) is 4.55. The maximum atomic E-state index is 9.13. The number of ether oxygens (including phenoxy) is 1. The molecule has 0 atom stereocenters. The number of pyridine rings is 1. The van der Waals surface area contributed by atoms with Crippen molar-refractivity contribution < 1.29 is 9.84 Å². The summed E-state index contributed by atoms with van der Waals surface area (Å²) in [4.78, 5) is 4.38. The van der Waals surface area contributed by atoms with Gasteiger partial charge in [-0.05, 0) is 24.5 Å². The van der Waals surface area contributed by atoms with Crippen molar-refractivity contribution >= 4 is 0 Å². The fraction of sp³-hybridized carbons (Fsp3) is 0.462. The molecular weight excluding hydrogens is 202 g/mol. The van der Waals surface area contributed by atoms with Gasteiger partial charge in [0.1, 0.15) is 0 Å². The Hall–Kier alpha value is -1.35. The average molecular weight is 221 g/mol. The quantitative estimate of drug-likeness (QED) is 0.568. The van der Waals surface area contributed by atoms with E-state index in [9.17, 15) is 0 Å². The normalized spacial score (nSPS) is 10.1. The Balaban J connectivity index is 2.73. The number of aryl methyl sites for hydroxylation is 1. The Morgan fingerprint density at radius 2 is 2.31 bits per heavy atom. The molecule has 0 aliphatic carbocycles. The van der Waals surface area contributed by atoms with E-state index in [2.05, 4.69) is 18.5 Å². The number of hydrogen-bond acceptors (Lipinski definition) is 3. The number of rotatable bonds is 7. The van der Waals surface area contributed by atoms with Crippen LogP contribution in [0.15, 0.2) is 24.8 Å². The van der Waals surface area contributed by atoms with E-state index in [-0.39, 0.29) is 6.61 Å². The van der Waals surface area contributed by atoms with Crippen molar-refractivity contribution in [2.24, 2.45) is 0 Å². The van der Waals surface area contributed by atoms with Crippen molar-refractivity contribution in [2.45, 2.75) is 32.8 Å². The highest BCUT2D eigenvalue weighted by Gasteiger charge is 2.02. The summed E-state index contributed by atoms with van der Waals surface area (Å²) in [5.41, 5.74) is 1.83. The van der Waals surface area contributed by atoms with E-state index in [4.69, 9.17) is 9.84 Å². The monoisotopic (exact) mass is 221 g/mol. The molecule has 0 unspecified atom stereocenters. The molecule has 1 aromatic heterocycles. The number of aromatic nitrogens is 1. The minimum atomic E-state index is 0.0249. The van der Waals surface area contributed by atoms with Gasteiger partial charge in [-0.1, -0.05) is 19.4 Å². The van der Waals surface area contributed by atoms with E-state index in [0.29, 0.717) is 12.5 Å². The summed E-state index contributed by atoms with van der Waals surface area (Å²) in [7, 11) is 0. The first-order valence-electron chi connectivity index (χ1n) is 5.64. The van der Waals surface area contributed by atoms with Crippen LogP contribution >= 0.6 is 0 Å². The number of nitrogens with zero attached hydrogens (tertiary/aromatic N) is 1. The minimum Gasteiger partial charge on any atom is -0.477 e. The van der Waals surface area contributed by atoms with Gasteiger partial charge in [0, 0.05) is 11.8 Å². The molecule has 1 N–H and O–H groups in total. The molecule has 0 aromatic carbocycles. The molecule has 0 spiro atoms. The van der Waals surface area contributed by atoms with Gasteiger partial charge in [-0.3, -0.25) is 0 Å². The van der Waals surface area contributed by atoms with Gasteiger partial charge in [-0.25, -0.2) is 4.98 Å². The van der Waals surface area contributed by atoms with E-state index >= 15 is 0 Å². The van der Waals surface area contributed by atoms with E-state index in [1.165, 1.54) is 0 Å². The first-order valence-corrected chi connectivity index (χ1v) is 5.64. The largest absolute Gasteiger partial charge is 0.477 e. The molecule has 0 aliphatic rings. The second kappa shape index (κ2) is 7.01. The van der Waals surface area contributed by atoms with Gasteiger partial charge in [-0.2, -0.15) is 0 Å². The molecule has 1 heterocycles. The van der Waals surface area contributed by atoms with Crippen LogP contribution in [0.1, 0.15) is 31.0 Å². The first kappa shape index (κ1) is 12.7. The second-order valence-electron chi connectivity index (χ2n) is 3.64. The maximum absolute atomic E-state index is 9.13. The third-order valence-corrected chi connectivity index (χ3v) is 2.18. The van der Waals surface area contributed by atoms with Crippen molar-refractivity contribution in [3.05, 3.63) is 36.0 Å². The number of aliphatic hydroxyl groups is 1. The molecule has 0 bridgehead atoms. The highest BCUT2D eigenvalue weighted by Crippen LogP contribution is 2.14. The van der Waals surface area contributed by atoms with Crippen LogP contribution in [0.2, 0.25) is 0 Å². The molecule has 0 aliphatic heterocycles. The SMILES string of the molecule is C=CCCOc1cc(CO)cc(CCC)n1. The topological polar surface area (TPSA) is 42.4 Å². The standard InChI is InChI=1S/C13H19NO2/c1-3-5-7-16-13-9-11(10-15)8-12(14-13)6-4-2/h3,8-9,15H,1,4-7,10H2,2H3. The zero-order chi connectivity index (χ0) is 11.8. The van der Waals surface area contributed by atoms with E-state index in [0.717, 1.165) is 30.5 Å². The van der Waals surface area contributed by atoms with Crippen molar-refractivity contribution in [2.75, 3.05) is 6.61 Å². The van der Waals surface area contributed by atoms with Gasteiger partial charge >= 0.3 is 0 Å². The van der Waals surface area contributed by atoms with Gasteiger partial charge in [0.15, 0.2) is 0 Å². The smallest absolute Gasteiger partial charge is 0.213 e. The third-order valence-electron chi connectivity index (χ3n) is 2.18. The predicted octanol–water partition coefficient (Wildman–Crippen LogP) is 2.48. The molecule has 1 aromatic rings. The molecule has 0 amide bonds. The molecule has 3 nitrogen and oxygen atoms in total. The van der Waals surface area contributed by atoms with Gasteiger partial charge in [0.2, 0.25) is 5.88 Å². The van der Waals surface area contributed by atoms with E-state index in [1.807, 2.05) is 12.1 Å². The molecule has 88 valence electrons. The second-order valence-corrected chi connectivity index (χ2v) is 3.64. The molecular formula is C13H19NO2. The maximum Gasteiger partial charge on any atom is 0.213 e. The van der Waals surface area contributed by atoms with Crippen molar-refractivity contribution in [1.82, 2.24) is 4.98 Å². The fourth-order valence-corrected chi connectivity index (χ4v) is 1.42. The summed E-state index contributed by atoms with van der Waals surface area (Å²) < 4.78 is 5.48. The molecule has 16 heavy (non-hydrogen) atoms. The Kier molecular flexibility index (Phi) is 5.57. The van der Waals surface area contributed by atoms with Gasteiger partial charge < -0.3 is 9.84 Å². The van der Waals surface area contributed by atoms with Crippen LogP contribution in [0.4, 0.5) is 0 Å². The van der Waals surface area contributed by atoms with Crippen LogP contribution < -0.4 is 4.74 Å². The summed E-state index contributed by atoms with van der Waals surface area (Å²) in [5, 5.41) is 9.13. The molecule has 3 heteroatoms. The zero-order valence-corrected chi connectivity index (χ0v) is 9.78. The molecule has 0 saturated heterocycles. The fourth-order valence-electron chi connectivity index (χ4n) is 1.42. The molecule has 0 fully saturated rings. The Morgan fingerprint density at radius 3 is 2.94 bits per heavy atom. The van der Waals surface area contributed by atoms with Crippen LogP contribution in [0, 0.1) is 0 Å². The van der Waals surface area contributed by atoms with Crippen LogP contribution in [-0.2, 0) is 13.0 Å². The van der Waals surface area contributed by atoms with Crippen molar-refractivity contribution in [3.63, 3.8) is 0 Å². The van der Waals surface area contributed by atoms with Gasteiger partial charge in [0.25, 0.3) is 0 Å². The predicted molar refractivity (Wildman–Crippen MR) is 64.5 cm³/mol. The summed E-state index contributed by atoms with van der Waals surface area (Å²) in [6, 6.07) is 3.70. The third kappa shape index (κ3) is 4.03. The number of aliphatic hydroxyl groups excluding tert-OH is 1. The van der Waals surface area contributed by atoms with Crippen molar-refractivity contribution in [1.29, 1.82) is 0 Å². The summed E-state index contributed by atoms with van der Waals surface area (Å²) in [6.45, 7) is 6.34. The summed E-state index contributed by atoms with van der Waals surface area (Å²) >= 11 is 0. The van der Waals surface area contributed by atoms with Crippen LogP contribution in [0.5, 0.6) is 5.88 Å². The van der Waals surface area contributed by atoms with Crippen LogP contribution in [-0.4, -0.2) is 16.7 Å². The lowest BCUT2D eigenvalue weighted by Gasteiger charge is -2.08. The summed E-state index contributed by atoms with van der Waals surface area (Å²) in [5.74, 6) is 0.594. The highest BCUT2D eigenvalue weighted by atomic mass is 16.5.